The Morgan fingerprint density at radius 3 is 2.66 bits per heavy atom. The average molecular weight is 390 g/mol. The molecule has 2 N–H and O–H groups in total. The first-order valence-corrected chi connectivity index (χ1v) is 10.1. The molecule has 1 amide bonds. The van der Waals surface area contributed by atoms with Crippen LogP contribution < -0.4 is 10.6 Å². The minimum absolute atomic E-state index is 0.245. The maximum Gasteiger partial charge on any atom is 0.229 e. The summed E-state index contributed by atoms with van der Waals surface area (Å²) >= 11 is 0. The maximum absolute atomic E-state index is 13.4. The number of aromatic nitrogens is 2. The number of hydrogen-bond donors (Lipinski definition) is 1. The molecule has 0 saturated carbocycles. The fourth-order valence-electron chi connectivity index (χ4n) is 4.54. The molecule has 2 saturated heterocycles. The van der Waals surface area contributed by atoms with Crippen LogP contribution in [0.15, 0.2) is 30.3 Å². The highest BCUT2D eigenvalue weighted by molar-refractivity contribution is 5.84. The Labute approximate surface area is 171 Å². The molecule has 1 aromatic carbocycles. The van der Waals surface area contributed by atoms with Crippen molar-refractivity contribution < 1.29 is 4.79 Å². The van der Waals surface area contributed by atoms with Crippen molar-refractivity contribution >= 4 is 17.5 Å². The minimum atomic E-state index is -0.305. The van der Waals surface area contributed by atoms with E-state index in [-0.39, 0.29) is 11.3 Å². The highest BCUT2D eigenvalue weighted by atomic mass is 16.2. The van der Waals surface area contributed by atoms with Crippen molar-refractivity contribution in [2.24, 2.45) is 5.41 Å². The van der Waals surface area contributed by atoms with Crippen LogP contribution >= 0.6 is 0 Å². The Morgan fingerprint density at radius 2 is 1.93 bits per heavy atom. The monoisotopic (exact) mass is 390 g/mol. The maximum atomic E-state index is 13.4. The summed E-state index contributed by atoms with van der Waals surface area (Å²) in [6.45, 7) is 4.67. The van der Waals surface area contributed by atoms with E-state index in [4.69, 9.17) is 5.73 Å². The topological polar surface area (TPSA) is 99.1 Å². The number of nitrogens with zero attached hydrogens (tertiary/aromatic N) is 5. The third-order valence-electron chi connectivity index (χ3n) is 6.20. The fourth-order valence-corrected chi connectivity index (χ4v) is 4.54. The summed E-state index contributed by atoms with van der Waals surface area (Å²) < 4.78 is 0. The number of piperidine rings is 2. The van der Waals surface area contributed by atoms with Gasteiger partial charge in [0.15, 0.2) is 0 Å². The zero-order chi connectivity index (χ0) is 20.4. The number of anilines is 2. The third-order valence-corrected chi connectivity index (χ3v) is 6.20. The Morgan fingerprint density at radius 1 is 1.17 bits per heavy atom. The Balaban J connectivity index is 1.47. The summed E-state index contributed by atoms with van der Waals surface area (Å²) in [6.07, 6.45) is 3.51. The van der Waals surface area contributed by atoms with E-state index in [1.165, 1.54) is 0 Å². The average Bonchev–Trinajstić information content (AvgIpc) is 2.73. The Bertz CT molecular complexity index is 958. The lowest BCUT2D eigenvalue weighted by Crippen LogP contribution is -2.53. The molecule has 0 radical (unpaired) electrons. The van der Waals surface area contributed by atoms with Gasteiger partial charge in [-0.15, -0.1) is 0 Å². The molecule has 1 aromatic heterocycles. The summed E-state index contributed by atoms with van der Waals surface area (Å²) in [4.78, 5) is 26.3. The lowest BCUT2D eigenvalue weighted by atomic mass is 9.71. The first kappa shape index (κ1) is 19.2. The van der Waals surface area contributed by atoms with Crippen LogP contribution in [0.2, 0.25) is 0 Å². The van der Waals surface area contributed by atoms with Gasteiger partial charge in [-0.1, -0.05) is 18.2 Å². The van der Waals surface area contributed by atoms with Gasteiger partial charge < -0.3 is 15.5 Å². The molecule has 0 bridgehead atoms. The van der Waals surface area contributed by atoms with Gasteiger partial charge in [-0.3, -0.25) is 4.79 Å². The molecule has 150 valence electrons. The predicted molar refractivity (Wildman–Crippen MR) is 111 cm³/mol. The highest BCUT2D eigenvalue weighted by Gasteiger charge is 2.46. The molecule has 7 nitrogen and oxygen atoms in total. The SMILES string of the molecule is Cc1cc(C#N)nc(N2CCC3(CCCN(Cc4ccccc4N)C3=O)CC2)n1. The molecule has 2 aromatic rings. The van der Waals surface area contributed by atoms with Crippen LogP contribution in [-0.2, 0) is 11.3 Å². The normalized spacial score (nSPS) is 18.7. The van der Waals surface area contributed by atoms with Gasteiger partial charge >= 0.3 is 0 Å². The first-order chi connectivity index (χ1) is 14.0. The lowest BCUT2D eigenvalue weighted by Gasteiger charge is -2.46. The van der Waals surface area contributed by atoms with Crippen molar-refractivity contribution in [1.82, 2.24) is 14.9 Å². The first-order valence-electron chi connectivity index (χ1n) is 10.1. The van der Waals surface area contributed by atoms with Gasteiger partial charge in [0.05, 0.1) is 5.41 Å². The number of amides is 1. The summed E-state index contributed by atoms with van der Waals surface area (Å²) in [6, 6.07) is 11.5. The number of likely N-dealkylation sites (tertiary alicyclic amines) is 1. The van der Waals surface area contributed by atoms with Gasteiger partial charge in [0.25, 0.3) is 0 Å². The van der Waals surface area contributed by atoms with Crippen LogP contribution in [0.25, 0.3) is 0 Å². The number of nitrogen functional groups attached to an aromatic ring is 1. The number of nitriles is 1. The minimum Gasteiger partial charge on any atom is -0.398 e. The molecule has 0 aliphatic carbocycles. The van der Waals surface area contributed by atoms with Crippen LogP contribution in [0.3, 0.4) is 0 Å². The van der Waals surface area contributed by atoms with Crippen molar-refractivity contribution in [3.63, 3.8) is 0 Å². The highest BCUT2D eigenvalue weighted by Crippen LogP contribution is 2.42. The predicted octanol–water partition coefficient (Wildman–Crippen LogP) is 2.65. The number of benzene rings is 1. The fraction of sp³-hybridized carbons (Fsp3) is 0.455. The van der Waals surface area contributed by atoms with Gasteiger partial charge in [-0.2, -0.15) is 5.26 Å². The second-order valence-electron chi connectivity index (χ2n) is 8.10. The number of carbonyl (C=O) groups excluding carboxylic acids is 1. The molecule has 3 heterocycles. The number of para-hydroxylation sites is 1. The Hall–Kier alpha value is -3.14. The van der Waals surface area contributed by atoms with Crippen LogP contribution in [0.1, 0.15) is 42.6 Å². The summed E-state index contributed by atoms with van der Waals surface area (Å²) in [5, 5.41) is 9.17. The van der Waals surface area contributed by atoms with E-state index in [1.54, 1.807) is 6.07 Å². The number of aryl methyl sites for hydroxylation is 1. The smallest absolute Gasteiger partial charge is 0.229 e. The van der Waals surface area contributed by atoms with Gasteiger partial charge in [0, 0.05) is 37.6 Å². The van der Waals surface area contributed by atoms with Crippen molar-refractivity contribution in [3.05, 3.63) is 47.3 Å². The second-order valence-corrected chi connectivity index (χ2v) is 8.10. The summed E-state index contributed by atoms with van der Waals surface area (Å²) in [5.74, 6) is 0.836. The van der Waals surface area contributed by atoms with Crippen LogP contribution in [0, 0.1) is 23.7 Å². The molecule has 2 aliphatic heterocycles. The zero-order valence-corrected chi connectivity index (χ0v) is 16.8. The van der Waals surface area contributed by atoms with E-state index in [1.807, 2.05) is 36.1 Å². The second kappa shape index (κ2) is 7.70. The van der Waals surface area contributed by atoms with Gasteiger partial charge in [-0.05, 0) is 50.3 Å². The van der Waals surface area contributed by atoms with Gasteiger partial charge in [0.1, 0.15) is 11.8 Å². The molecule has 1 spiro atoms. The van der Waals surface area contributed by atoms with Crippen LogP contribution in [-0.4, -0.2) is 40.4 Å². The summed E-state index contributed by atoms with van der Waals surface area (Å²) in [5.41, 5.74) is 8.69. The molecule has 2 aliphatic rings. The van der Waals surface area contributed by atoms with E-state index in [0.29, 0.717) is 18.2 Å². The molecular formula is C22H26N6O. The quantitative estimate of drug-likeness (QED) is 0.809. The lowest BCUT2D eigenvalue weighted by molar-refractivity contribution is -0.148. The van der Waals surface area contributed by atoms with Crippen LogP contribution in [0.4, 0.5) is 11.6 Å². The molecule has 0 atom stereocenters. The molecule has 7 heteroatoms. The molecule has 4 rings (SSSR count). The zero-order valence-electron chi connectivity index (χ0n) is 16.8. The molecule has 2 fully saturated rings. The number of carbonyl (C=O) groups is 1. The van der Waals surface area contributed by atoms with Crippen molar-refractivity contribution in [3.8, 4) is 6.07 Å². The number of rotatable bonds is 3. The van der Waals surface area contributed by atoms with Crippen LogP contribution in [0.5, 0.6) is 0 Å². The summed E-state index contributed by atoms with van der Waals surface area (Å²) in [7, 11) is 0. The molecular weight excluding hydrogens is 364 g/mol. The largest absolute Gasteiger partial charge is 0.398 e. The number of nitrogens with two attached hydrogens (primary N) is 1. The Kier molecular flexibility index (Phi) is 5.10. The van der Waals surface area contributed by atoms with Crippen molar-refractivity contribution in [1.29, 1.82) is 5.26 Å². The third kappa shape index (κ3) is 3.75. The van der Waals surface area contributed by atoms with Crippen molar-refractivity contribution in [2.75, 3.05) is 30.3 Å². The van der Waals surface area contributed by atoms with Crippen molar-refractivity contribution in [2.45, 2.75) is 39.2 Å². The molecule has 0 unspecified atom stereocenters. The van der Waals surface area contributed by atoms with Gasteiger partial charge in [-0.25, -0.2) is 9.97 Å². The molecule has 29 heavy (non-hydrogen) atoms. The van der Waals surface area contributed by atoms with E-state index < -0.39 is 0 Å². The van der Waals surface area contributed by atoms with E-state index in [9.17, 15) is 10.1 Å². The number of hydrogen-bond acceptors (Lipinski definition) is 6. The van der Waals surface area contributed by atoms with E-state index in [2.05, 4.69) is 20.9 Å². The van der Waals surface area contributed by atoms with Gasteiger partial charge in [0.2, 0.25) is 11.9 Å². The van der Waals surface area contributed by atoms with E-state index >= 15 is 0 Å². The standard InChI is InChI=1S/C22H26N6O/c1-16-13-18(14-23)26-21(25-16)27-11-8-22(9-12-27)7-4-10-28(20(22)29)15-17-5-2-3-6-19(17)24/h2-3,5-6,13H,4,7-12,15,24H2,1H3. The van der Waals surface area contributed by atoms with E-state index in [0.717, 1.165) is 62.3 Å².